The van der Waals surface area contributed by atoms with Crippen LogP contribution in [-0.4, -0.2) is 25.8 Å². The lowest BCUT2D eigenvalue weighted by molar-refractivity contribution is -0.121. The van der Waals surface area contributed by atoms with Gasteiger partial charge in [-0.25, -0.2) is 8.42 Å². The number of sulfone groups is 1. The lowest BCUT2D eigenvalue weighted by Gasteiger charge is -2.20. The number of amides is 1. The molecule has 0 bridgehead atoms. The summed E-state index contributed by atoms with van der Waals surface area (Å²) in [6.07, 6.45) is 1.89. The number of carbonyl (C=O) groups excluding carboxylic acids is 1. The highest BCUT2D eigenvalue weighted by molar-refractivity contribution is 8.00. The zero-order valence-corrected chi connectivity index (χ0v) is 17.3. The number of hydrogen-bond acceptors (Lipinski definition) is 4. The first-order valence-corrected chi connectivity index (χ1v) is 11.4. The van der Waals surface area contributed by atoms with E-state index in [1.807, 2.05) is 26.0 Å². The van der Waals surface area contributed by atoms with E-state index < -0.39 is 9.84 Å². The van der Waals surface area contributed by atoms with Crippen LogP contribution in [0.5, 0.6) is 0 Å². The molecular formula is C19H22ClNO3S2. The smallest absolute Gasteiger partial charge is 0.233 e. The molecule has 1 amide bonds. The van der Waals surface area contributed by atoms with Crippen LogP contribution in [0.25, 0.3) is 0 Å². The van der Waals surface area contributed by atoms with E-state index in [-0.39, 0.29) is 22.1 Å². The number of benzene rings is 2. The van der Waals surface area contributed by atoms with E-state index in [0.717, 1.165) is 10.5 Å². The molecule has 0 aliphatic heterocycles. The highest BCUT2D eigenvalue weighted by Crippen LogP contribution is 2.26. The quantitative estimate of drug-likeness (QED) is 0.681. The van der Waals surface area contributed by atoms with Gasteiger partial charge in [-0.1, -0.05) is 30.7 Å². The Bertz CT molecular complexity index is 849. The number of hydrogen-bond donors (Lipinski definition) is 1. The number of carbonyl (C=O) groups is 1. The third-order valence-electron chi connectivity index (χ3n) is 3.93. The van der Waals surface area contributed by atoms with Gasteiger partial charge in [0.05, 0.1) is 16.2 Å². The lowest BCUT2D eigenvalue weighted by atomic mass is 10.0. The largest absolute Gasteiger partial charge is 0.348 e. The van der Waals surface area contributed by atoms with Crippen molar-refractivity contribution in [2.24, 2.45) is 0 Å². The predicted molar refractivity (Wildman–Crippen MR) is 107 cm³/mol. The fourth-order valence-electron chi connectivity index (χ4n) is 2.43. The van der Waals surface area contributed by atoms with Crippen molar-refractivity contribution in [3.8, 4) is 0 Å². The van der Waals surface area contributed by atoms with Crippen molar-refractivity contribution in [3.63, 3.8) is 0 Å². The minimum atomic E-state index is -3.23. The maximum absolute atomic E-state index is 12.5. The van der Waals surface area contributed by atoms with Crippen LogP contribution in [0.1, 0.15) is 31.9 Å². The SMILES string of the molecule is CC[C@@H](NC(=O)[C@H](C)Sc1ccc(Cl)cc1)c1ccc(S(C)(=O)=O)cc1. The summed E-state index contributed by atoms with van der Waals surface area (Å²) in [5.74, 6) is -0.0658. The molecule has 0 radical (unpaired) electrons. The number of halogens is 1. The molecule has 26 heavy (non-hydrogen) atoms. The van der Waals surface area contributed by atoms with Crippen molar-refractivity contribution in [1.29, 1.82) is 0 Å². The molecule has 7 heteroatoms. The van der Waals surface area contributed by atoms with Gasteiger partial charge in [0, 0.05) is 16.2 Å². The molecule has 2 rings (SSSR count). The van der Waals surface area contributed by atoms with Crippen LogP contribution in [0.2, 0.25) is 5.02 Å². The first-order valence-electron chi connectivity index (χ1n) is 8.23. The third kappa shape index (κ3) is 5.76. The molecule has 0 saturated heterocycles. The molecule has 2 atom stereocenters. The average molecular weight is 412 g/mol. The van der Waals surface area contributed by atoms with Crippen molar-refractivity contribution in [2.45, 2.75) is 41.4 Å². The second-order valence-corrected chi connectivity index (χ2v) is 9.89. The predicted octanol–water partition coefficient (Wildman–Crippen LogP) is 4.49. The number of thioether (sulfide) groups is 1. The summed E-state index contributed by atoms with van der Waals surface area (Å²) in [5, 5.41) is 3.44. The molecule has 0 fully saturated rings. The Labute approximate surface area is 164 Å². The zero-order valence-electron chi connectivity index (χ0n) is 14.9. The number of nitrogens with one attached hydrogen (secondary N) is 1. The molecule has 2 aromatic rings. The Balaban J connectivity index is 2.04. The Morgan fingerprint density at radius 1 is 1.12 bits per heavy atom. The topological polar surface area (TPSA) is 63.2 Å². The summed E-state index contributed by atoms with van der Waals surface area (Å²) in [6, 6.07) is 13.9. The lowest BCUT2D eigenvalue weighted by Crippen LogP contribution is -2.34. The van der Waals surface area contributed by atoms with E-state index >= 15 is 0 Å². The molecule has 0 saturated carbocycles. The molecule has 4 nitrogen and oxygen atoms in total. The van der Waals surface area contributed by atoms with E-state index in [9.17, 15) is 13.2 Å². The maximum Gasteiger partial charge on any atom is 0.233 e. The van der Waals surface area contributed by atoms with Gasteiger partial charge in [0.1, 0.15) is 0 Å². The monoisotopic (exact) mass is 411 g/mol. The molecule has 0 heterocycles. The summed E-state index contributed by atoms with van der Waals surface area (Å²) in [6.45, 7) is 3.83. The first kappa shape index (κ1) is 20.8. The molecular weight excluding hydrogens is 390 g/mol. The van der Waals surface area contributed by atoms with Gasteiger partial charge in [0.25, 0.3) is 0 Å². The first-order chi connectivity index (χ1) is 12.2. The zero-order chi connectivity index (χ0) is 19.3. The molecule has 0 spiro atoms. The summed E-state index contributed by atoms with van der Waals surface area (Å²) < 4.78 is 23.1. The van der Waals surface area contributed by atoms with Crippen molar-refractivity contribution in [3.05, 3.63) is 59.1 Å². The Morgan fingerprint density at radius 2 is 1.69 bits per heavy atom. The minimum Gasteiger partial charge on any atom is -0.348 e. The Kier molecular flexibility index (Phi) is 7.15. The summed E-state index contributed by atoms with van der Waals surface area (Å²) in [4.78, 5) is 13.8. The van der Waals surface area contributed by atoms with Crippen molar-refractivity contribution >= 4 is 39.1 Å². The van der Waals surface area contributed by atoms with Gasteiger partial charge < -0.3 is 5.32 Å². The maximum atomic E-state index is 12.5. The molecule has 0 aliphatic carbocycles. The van der Waals surface area contributed by atoms with Gasteiger partial charge in [0.2, 0.25) is 5.91 Å². The van der Waals surface area contributed by atoms with E-state index in [1.54, 1.807) is 36.4 Å². The summed E-state index contributed by atoms with van der Waals surface area (Å²) in [5.41, 5.74) is 0.886. The fourth-order valence-corrected chi connectivity index (χ4v) is 4.06. The van der Waals surface area contributed by atoms with Crippen LogP contribution in [0, 0.1) is 0 Å². The highest BCUT2D eigenvalue weighted by Gasteiger charge is 2.19. The molecule has 140 valence electrons. The van der Waals surface area contributed by atoms with Gasteiger partial charge in [-0.3, -0.25) is 4.79 Å². The van der Waals surface area contributed by atoms with Crippen LogP contribution in [0.3, 0.4) is 0 Å². The second kappa shape index (κ2) is 8.93. The molecule has 0 aliphatic rings. The molecule has 0 unspecified atom stereocenters. The molecule has 2 aromatic carbocycles. The van der Waals surface area contributed by atoms with E-state index in [2.05, 4.69) is 5.32 Å². The second-order valence-electron chi connectivity index (χ2n) is 6.02. The van der Waals surface area contributed by atoms with Crippen molar-refractivity contribution < 1.29 is 13.2 Å². The van der Waals surface area contributed by atoms with Gasteiger partial charge in [0.15, 0.2) is 9.84 Å². The fraction of sp³-hybridized carbons (Fsp3) is 0.316. The van der Waals surface area contributed by atoms with E-state index in [4.69, 9.17) is 11.6 Å². The Hall–Kier alpha value is -1.50. The standard InChI is InChI=1S/C19H22ClNO3S2/c1-4-18(14-5-11-17(12-6-14)26(3,23)24)21-19(22)13(2)25-16-9-7-15(20)8-10-16/h5-13,18H,4H2,1-3H3,(H,21,22)/t13-,18+/m0/s1. The van der Waals surface area contributed by atoms with Crippen LogP contribution in [0.4, 0.5) is 0 Å². The summed E-state index contributed by atoms with van der Waals surface area (Å²) in [7, 11) is -3.23. The van der Waals surface area contributed by atoms with E-state index in [0.29, 0.717) is 11.4 Å². The van der Waals surface area contributed by atoms with Gasteiger partial charge in [-0.05, 0) is 55.3 Å². The molecule has 0 aromatic heterocycles. The minimum absolute atomic E-state index is 0.0658. The van der Waals surface area contributed by atoms with Gasteiger partial charge in [-0.15, -0.1) is 11.8 Å². The Morgan fingerprint density at radius 3 is 2.19 bits per heavy atom. The normalized spacial score (nSPS) is 13.8. The van der Waals surface area contributed by atoms with Crippen molar-refractivity contribution in [1.82, 2.24) is 5.32 Å². The summed E-state index contributed by atoms with van der Waals surface area (Å²) >= 11 is 7.34. The highest BCUT2D eigenvalue weighted by atomic mass is 35.5. The average Bonchev–Trinajstić information content (AvgIpc) is 2.60. The van der Waals surface area contributed by atoms with Crippen LogP contribution < -0.4 is 5.32 Å². The third-order valence-corrected chi connectivity index (χ3v) is 6.42. The van der Waals surface area contributed by atoms with Crippen LogP contribution in [0.15, 0.2) is 58.3 Å². The van der Waals surface area contributed by atoms with Crippen LogP contribution in [-0.2, 0) is 14.6 Å². The van der Waals surface area contributed by atoms with E-state index in [1.165, 1.54) is 18.0 Å². The van der Waals surface area contributed by atoms with Crippen molar-refractivity contribution in [2.75, 3.05) is 6.26 Å². The van der Waals surface area contributed by atoms with Gasteiger partial charge >= 0.3 is 0 Å². The van der Waals surface area contributed by atoms with Crippen LogP contribution >= 0.6 is 23.4 Å². The molecule has 1 N–H and O–H groups in total. The number of rotatable bonds is 7. The van der Waals surface area contributed by atoms with Gasteiger partial charge in [-0.2, -0.15) is 0 Å².